The Labute approximate surface area is 217 Å². The van der Waals surface area contributed by atoms with Crippen LogP contribution in [0, 0.1) is 0 Å². The first-order valence-corrected chi connectivity index (χ1v) is 11.7. The van der Waals surface area contributed by atoms with E-state index in [4.69, 9.17) is 51.4 Å². The second kappa shape index (κ2) is 12.0. The minimum atomic E-state index is -0.472. The minimum absolute atomic E-state index is 0.0411. The predicted molar refractivity (Wildman–Crippen MR) is 143 cm³/mol. The number of hydrogen-bond donors (Lipinski definition) is 3. The number of nitrogens with one attached hydrogen (secondary N) is 3. The molecule has 0 fully saturated rings. The SMILES string of the molecule is CCCC(=O)Nc1ccc(Cl)c(NC(=S)NC(=O)C=Cc2ccc(-c3cccc(Cl)c3Cl)o2)c1. The topological polar surface area (TPSA) is 83.4 Å². The average Bonchev–Trinajstić information content (AvgIpc) is 3.25. The molecule has 3 aromatic rings. The Morgan fingerprint density at radius 1 is 1.03 bits per heavy atom. The van der Waals surface area contributed by atoms with E-state index in [9.17, 15) is 9.59 Å². The lowest BCUT2D eigenvalue weighted by atomic mass is 10.2. The van der Waals surface area contributed by atoms with Crippen molar-refractivity contribution in [1.29, 1.82) is 0 Å². The number of benzene rings is 2. The zero-order valence-electron chi connectivity index (χ0n) is 18.0. The lowest BCUT2D eigenvalue weighted by molar-refractivity contribution is -0.116. The number of carbonyl (C=O) groups is 2. The van der Waals surface area contributed by atoms with Crippen molar-refractivity contribution in [3.05, 3.63) is 75.4 Å². The fourth-order valence-corrected chi connectivity index (χ4v) is 3.66. The van der Waals surface area contributed by atoms with Crippen molar-refractivity contribution in [2.75, 3.05) is 10.6 Å². The van der Waals surface area contributed by atoms with Crippen molar-refractivity contribution in [1.82, 2.24) is 5.32 Å². The molecule has 0 aliphatic carbocycles. The molecule has 0 spiro atoms. The van der Waals surface area contributed by atoms with Gasteiger partial charge >= 0.3 is 0 Å². The molecule has 0 atom stereocenters. The van der Waals surface area contributed by atoms with E-state index in [1.54, 1.807) is 48.5 Å². The van der Waals surface area contributed by atoms with Gasteiger partial charge in [0.1, 0.15) is 11.5 Å². The van der Waals surface area contributed by atoms with E-state index in [2.05, 4.69) is 16.0 Å². The van der Waals surface area contributed by atoms with Gasteiger partial charge in [-0.2, -0.15) is 0 Å². The number of anilines is 2. The number of amides is 2. The molecule has 3 N–H and O–H groups in total. The fourth-order valence-electron chi connectivity index (χ4n) is 2.90. The van der Waals surface area contributed by atoms with Gasteiger partial charge in [0, 0.05) is 23.7 Å². The van der Waals surface area contributed by atoms with E-state index in [1.807, 2.05) is 6.92 Å². The van der Waals surface area contributed by atoms with Crippen molar-refractivity contribution in [3.63, 3.8) is 0 Å². The third-order valence-electron chi connectivity index (χ3n) is 4.45. The first-order chi connectivity index (χ1) is 16.3. The quantitative estimate of drug-likeness (QED) is 0.220. The van der Waals surface area contributed by atoms with E-state index in [0.29, 0.717) is 49.9 Å². The smallest absolute Gasteiger partial charge is 0.250 e. The molecule has 0 bridgehead atoms. The van der Waals surface area contributed by atoms with Crippen LogP contribution >= 0.6 is 47.0 Å². The van der Waals surface area contributed by atoms with Crippen LogP contribution < -0.4 is 16.0 Å². The average molecular weight is 537 g/mol. The Hall–Kier alpha value is -2.84. The summed E-state index contributed by atoms with van der Waals surface area (Å²) in [6.45, 7) is 1.92. The summed E-state index contributed by atoms with van der Waals surface area (Å²) in [6.07, 6.45) is 3.92. The number of halogens is 3. The summed E-state index contributed by atoms with van der Waals surface area (Å²) in [7, 11) is 0. The molecule has 0 radical (unpaired) electrons. The number of carbonyl (C=O) groups excluding carboxylic acids is 2. The summed E-state index contributed by atoms with van der Waals surface area (Å²) in [5.41, 5.74) is 1.65. The number of rotatable bonds is 7. The highest BCUT2D eigenvalue weighted by Gasteiger charge is 2.11. The second-order valence-electron chi connectivity index (χ2n) is 7.07. The summed E-state index contributed by atoms with van der Waals surface area (Å²) in [6, 6.07) is 13.6. The summed E-state index contributed by atoms with van der Waals surface area (Å²) >= 11 is 23.7. The van der Waals surface area contributed by atoms with Gasteiger partial charge in [-0.3, -0.25) is 14.9 Å². The number of furan rings is 1. The molecule has 0 saturated carbocycles. The molecule has 0 saturated heterocycles. The molecular weight excluding hydrogens is 517 g/mol. The normalized spacial score (nSPS) is 10.8. The van der Waals surface area contributed by atoms with Crippen molar-refractivity contribution in [2.24, 2.45) is 0 Å². The molecule has 0 unspecified atom stereocenters. The highest BCUT2D eigenvalue weighted by molar-refractivity contribution is 7.80. The summed E-state index contributed by atoms with van der Waals surface area (Å²) in [5, 5.41) is 9.38. The molecule has 0 aliphatic rings. The Kier molecular flexibility index (Phi) is 9.12. The van der Waals surface area contributed by atoms with Crippen LogP contribution in [0.15, 0.2) is 59.0 Å². The molecule has 2 aromatic carbocycles. The zero-order valence-corrected chi connectivity index (χ0v) is 21.0. The predicted octanol–water partition coefficient (Wildman–Crippen LogP) is 7.17. The van der Waals surface area contributed by atoms with Crippen LogP contribution in [0.5, 0.6) is 0 Å². The largest absolute Gasteiger partial charge is 0.457 e. The van der Waals surface area contributed by atoms with E-state index in [0.717, 1.165) is 6.42 Å². The van der Waals surface area contributed by atoms with E-state index < -0.39 is 5.91 Å². The molecule has 3 rings (SSSR count). The van der Waals surface area contributed by atoms with Crippen molar-refractivity contribution >= 4 is 81.4 Å². The van der Waals surface area contributed by atoms with Crippen molar-refractivity contribution in [3.8, 4) is 11.3 Å². The molecule has 2 amide bonds. The zero-order chi connectivity index (χ0) is 24.7. The first-order valence-electron chi connectivity index (χ1n) is 10.2. The highest BCUT2D eigenvalue weighted by atomic mass is 35.5. The Morgan fingerprint density at radius 2 is 1.82 bits per heavy atom. The van der Waals surface area contributed by atoms with Gasteiger partial charge < -0.3 is 15.1 Å². The lowest BCUT2D eigenvalue weighted by Crippen LogP contribution is -2.32. The van der Waals surface area contributed by atoms with Gasteiger partial charge in [0.2, 0.25) is 11.8 Å². The molecule has 1 heterocycles. The van der Waals surface area contributed by atoms with Crippen LogP contribution in [-0.2, 0) is 9.59 Å². The highest BCUT2D eigenvalue weighted by Crippen LogP contribution is 2.34. The van der Waals surface area contributed by atoms with Crippen LogP contribution in [0.3, 0.4) is 0 Å². The van der Waals surface area contributed by atoms with Crippen LogP contribution in [0.2, 0.25) is 15.1 Å². The lowest BCUT2D eigenvalue weighted by Gasteiger charge is -2.12. The summed E-state index contributed by atoms with van der Waals surface area (Å²) in [5.74, 6) is 0.388. The van der Waals surface area contributed by atoms with Crippen LogP contribution in [0.1, 0.15) is 25.5 Å². The van der Waals surface area contributed by atoms with Crippen LogP contribution in [0.4, 0.5) is 11.4 Å². The van der Waals surface area contributed by atoms with E-state index >= 15 is 0 Å². The van der Waals surface area contributed by atoms with Gasteiger partial charge in [-0.1, -0.05) is 47.8 Å². The van der Waals surface area contributed by atoms with Crippen LogP contribution in [0.25, 0.3) is 17.4 Å². The molecule has 10 heteroatoms. The van der Waals surface area contributed by atoms with E-state index in [-0.39, 0.29) is 11.0 Å². The number of thiocarbonyl (C=S) groups is 1. The first kappa shape index (κ1) is 25.8. The maximum atomic E-state index is 12.3. The molecular formula is C24H20Cl3N3O3S. The molecule has 34 heavy (non-hydrogen) atoms. The molecule has 176 valence electrons. The second-order valence-corrected chi connectivity index (χ2v) is 8.67. The summed E-state index contributed by atoms with van der Waals surface area (Å²) < 4.78 is 5.72. The Bertz CT molecular complexity index is 1260. The Balaban J connectivity index is 1.59. The molecule has 6 nitrogen and oxygen atoms in total. The monoisotopic (exact) mass is 535 g/mol. The standard InChI is InChI=1S/C24H20Cl3N3O3S/c1-2-4-21(31)28-14-7-10-17(25)19(13-14)29-24(34)30-22(32)12-9-15-8-11-20(33-15)16-5-3-6-18(26)23(16)27/h3,5-13H,2,4H2,1H3,(H,28,31)(H2,29,30,32,34). The van der Waals surface area contributed by atoms with E-state index in [1.165, 1.54) is 12.2 Å². The van der Waals surface area contributed by atoms with Gasteiger partial charge in [-0.05, 0) is 67.2 Å². The summed E-state index contributed by atoms with van der Waals surface area (Å²) in [4.78, 5) is 24.1. The Morgan fingerprint density at radius 3 is 2.59 bits per heavy atom. The van der Waals surface area contributed by atoms with Gasteiger partial charge in [-0.15, -0.1) is 0 Å². The van der Waals surface area contributed by atoms with Crippen LogP contribution in [-0.4, -0.2) is 16.9 Å². The molecule has 0 aliphatic heterocycles. The maximum absolute atomic E-state index is 12.3. The van der Waals surface area contributed by atoms with Gasteiger partial charge in [0.25, 0.3) is 0 Å². The number of hydrogen-bond acceptors (Lipinski definition) is 4. The van der Waals surface area contributed by atoms with Crippen molar-refractivity contribution in [2.45, 2.75) is 19.8 Å². The van der Waals surface area contributed by atoms with Gasteiger partial charge in [-0.25, -0.2) is 0 Å². The third-order valence-corrected chi connectivity index (χ3v) is 5.81. The van der Waals surface area contributed by atoms with Crippen molar-refractivity contribution < 1.29 is 14.0 Å². The van der Waals surface area contributed by atoms with Gasteiger partial charge in [0.15, 0.2) is 5.11 Å². The fraction of sp³-hybridized carbons (Fsp3) is 0.125. The van der Waals surface area contributed by atoms with Gasteiger partial charge in [0.05, 0.1) is 20.8 Å². The maximum Gasteiger partial charge on any atom is 0.250 e. The third kappa shape index (κ3) is 7.08. The minimum Gasteiger partial charge on any atom is -0.457 e. The molecule has 1 aromatic heterocycles.